The minimum absolute atomic E-state index is 0.752. The van der Waals surface area contributed by atoms with Gasteiger partial charge in [0.2, 0.25) is 0 Å². The minimum Gasteiger partial charge on any atom is -0.369 e. The standard InChI is InChI=1S/C9H12O/c1-2-5-7-3-6(7)4(1)8-9(5)10-8/h4-9H,1-3H2/t4-,5+,6+,7-,8+,9-. The fourth-order valence-corrected chi connectivity index (χ4v) is 3.67. The van der Waals surface area contributed by atoms with Crippen molar-refractivity contribution < 1.29 is 4.74 Å². The summed E-state index contributed by atoms with van der Waals surface area (Å²) < 4.78 is 5.67. The average Bonchev–Trinajstić information content (AvgIpc) is 2.83. The van der Waals surface area contributed by atoms with Crippen LogP contribution in [-0.2, 0) is 4.74 Å². The van der Waals surface area contributed by atoms with Gasteiger partial charge in [-0.25, -0.2) is 0 Å². The first kappa shape index (κ1) is 4.76. The smallest absolute Gasteiger partial charge is 0.0875 e. The van der Waals surface area contributed by atoms with E-state index in [2.05, 4.69) is 0 Å². The van der Waals surface area contributed by atoms with Gasteiger partial charge < -0.3 is 4.74 Å². The molecule has 1 nitrogen and oxygen atoms in total. The molecule has 0 N–H and O–H groups in total. The lowest BCUT2D eigenvalue weighted by atomic mass is 9.71. The predicted molar refractivity (Wildman–Crippen MR) is 36.5 cm³/mol. The molecule has 6 atom stereocenters. The number of ether oxygens (including phenoxy) is 1. The molecule has 2 bridgehead atoms. The number of hydrogen-bond acceptors (Lipinski definition) is 1. The predicted octanol–water partition coefficient (Wildman–Crippen LogP) is 1.43. The molecule has 0 unspecified atom stereocenters. The van der Waals surface area contributed by atoms with Crippen LogP contribution < -0.4 is 0 Å². The zero-order valence-corrected chi connectivity index (χ0v) is 5.99. The number of fused-ring (bicyclic) bond motifs is 1. The zero-order valence-electron chi connectivity index (χ0n) is 5.99. The second-order valence-electron chi connectivity index (χ2n) is 4.53. The molecule has 0 aromatic rings. The third-order valence-corrected chi connectivity index (χ3v) is 4.23. The average molecular weight is 136 g/mol. The van der Waals surface area contributed by atoms with Gasteiger partial charge >= 0.3 is 0 Å². The van der Waals surface area contributed by atoms with Crippen LogP contribution in [0, 0.1) is 23.7 Å². The molecule has 5 aliphatic rings. The Kier molecular flexibility index (Phi) is 0.560. The number of epoxide rings is 1. The van der Waals surface area contributed by atoms with Crippen molar-refractivity contribution in [2.24, 2.45) is 23.7 Å². The highest BCUT2D eigenvalue weighted by molar-refractivity contribution is 5.16. The van der Waals surface area contributed by atoms with E-state index in [1.165, 1.54) is 12.8 Å². The van der Waals surface area contributed by atoms with E-state index in [1.54, 1.807) is 6.42 Å². The van der Waals surface area contributed by atoms with E-state index >= 15 is 0 Å². The number of rotatable bonds is 0. The van der Waals surface area contributed by atoms with E-state index < -0.39 is 0 Å². The van der Waals surface area contributed by atoms with Crippen molar-refractivity contribution >= 4 is 0 Å². The highest BCUT2D eigenvalue weighted by atomic mass is 16.6. The van der Waals surface area contributed by atoms with E-state index in [9.17, 15) is 0 Å². The van der Waals surface area contributed by atoms with Gasteiger partial charge in [-0.3, -0.25) is 0 Å². The molecule has 1 heterocycles. The maximum Gasteiger partial charge on any atom is 0.0875 e. The molecule has 0 spiro atoms. The lowest BCUT2D eigenvalue weighted by Gasteiger charge is -2.30. The second kappa shape index (κ2) is 1.18. The highest BCUT2D eigenvalue weighted by Crippen LogP contribution is 2.68. The van der Waals surface area contributed by atoms with Gasteiger partial charge in [0.15, 0.2) is 0 Å². The molecular weight excluding hydrogens is 124 g/mol. The Bertz CT molecular complexity index is 163. The van der Waals surface area contributed by atoms with Crippen LogP contribution in [0.1, 0.15) is 19.3 Å². The van der Waals surface area contributed by atoms with Crippen molar-refractivity contribution in [3.63, 3.8) is 0 Å². The van der Waals surface area contributed by atoms with Crippen LogP contribution in [0.15, 0.2) is 0 Å². The van der Waals surface area contributed by atoms with Crippen LogP contribution in [0.2, 0.25) is 0 Å². The van der Waals surface area contributed by atoms with Crippen molar-refractivity contribution in [1.29, 1.82) is 0 Å². The second-order valence-corrected chi connectivity index (χ2v) is 4.53. The molecule has 5 rings (SSSR count). The van der Waals surface area contributed by atoms with Gasteiger partial charge in [-0.05, 0) is 42.9 Å². The van der Waals surface area contributed by atoms with Crippen LogP contribution in [-0.4, -0.2) is 12.2 Å². The van der Waals surface area contributed by atoms with Gasteiger partial charge in [-0.1, -0.05) is 0 Å². The van der Waals surface area contributed by atoms with Crippen molar-refractivity contribution in [2.75, 3.05) is 0 Å². The molecule has 5 fully saturated rings. The summed E-state index contributed by atoms with van der Waals surface area (Å²) in [6.07, 6.45) is 6.05. The van der Waals surface area contributed by atoms with Crippen molar-refractivity contribution in [2.45, 2.75) is 31.5 Å². The van der Waals surface area contributed by atoms with E-state index in [4.69, 9.17) is 4.74 Å². The summed E-state index contributed by atoms with van der Waals surface area (Å²) >= 11 is 0. The van der Waals surface area contributed by atoms with E-state index in [1.807, 2.05) is 0 Å². The maximum absolute atomic E-state index is 5.67. The van der Waals surface area contributed by atoms with Gasteiger partial charge in [0, 0.05) is 0 Å². The summed E-state index contributed by atoms with van der Waals surface area (Å²) in [5.41, 5.74) is 0. The van der Waals surface area contributed by atoms with Crippen LogP contribution in [0.5, 0.6) is 0 Å². The first-order valence-electron chi connectivity index (χ1n) is 4.60. The molecule has 1 aliphatic heterocycles. The van der Waals surface area contributed by atoms with E-state index in [-0.39, 0.29) is 0 Å². The quantitative estimate of drug-likeness (QED) is 0.459. The fourth-order valence-electron chi connectivity index (χ4n) is 3.67. The van der Waals surface area contributed by atoms with E-state index in [0.29, 0.717) is 0 Å². The van der Waals surface area contributed by atoms with Crippen molar-refractivity contribution in [1.82, 2.24) is 0 Å². The molecule has 1 saturated heterocycles. The summed E-state index contributed by atoms with van der Waals surface area (Å²) in [4.78, 5) is 0. The summed E-state index contributed by atoms with van der Waals surface area (Å²) in [7, 11) is 0. The Morgan fingerprint density at radius 1 is 0.800 bits per heavy atom. The molecule has 4 saturated carbocycles. The third-order valence-electron chi connectivity index (χ3n) is 4.23. The Hall–Kier alpha value is -0.0400. The normalized spacial score (nSPS) is 74.4. The Labute approximate surface area is 60.7 Å². The summed E-state index contributed by atoms with van der Waals surface area (Å²) in [5.74, 6) is 4.28. The van der Waals surface area contributed by atoms with Crippen LogP contribution >= 0.6 is 0 Å². The molecule has 10 heavy (non-hydrogen) atoms. The first-order chi connectivity index (χ1) is 4.95. The van der Waals surface area contributed by atoms with Crippen LogP contribution in [0.25, 0.3) is 0 Å². The van der Waals surface area contributed by atoms with Crippen molar-refractivity contribution in [3.8, 4) is 0 Å². The topological polar surface area (TPSA) is 12.5 Å². The maximum atomic E-state index is 5.67. The van der Waals surface area contributed by atoms with Crippen LogP contribution in [0.3, 0.4) is 0 Å². The Balaban J connectivity index is 1.85. The molecule has 54 valence electrons. The first-order valence-corrected chi connectivity index (χ1v) is 4.60. The van der Waals surface area contributed by atoms with Crippen LogP contribution in [0.4, 0.5) is 0 Å². The molecule has 0 aromatic carbocycles. The Morgan fingerprint density at radius 3 is 2.00 bits per heavy atom. The summed E-state index contributed by atoms with van der Waals surface area (Å²) in [5, 5.41) is 0. The molecule has 0 amide bonds. The molecular formula is C9H12O. The van der Waals surface area contributed by atoms with Gasteiger partial charge in [-0.15, -0.1) is 0 Å². The summed E-state index contributed by atoms with van der Waals surface area (Å²) in [6.45, 7) is 0. The largest absolute Gasteiger partial charge is 0.369 e. The summed E-state index contributed by atoms with van der Waals surface area (Å²) in [6, 6.07) is 0. The third kappa shape index (κ3) is 0.355. The monoisotopic (exact) mass is 136 g/mol. The van der Waals surface area contributed by atoms with Gasteiger partial charge in [0.1, 0.15) is 0 Å². The van der Waals surface area contributed by atoms with Crippen molar-refractivity contribution in [3.05, 3.63) is 0 Å². The highest BCUT2D eigenvalue weighted by Gasteiger charge is 2.68. The lowest BCUT2D eigenvalue weighted by Crippen LogP contribution is -2.32. The van der Waals surface area contributed by atoms with E-state index in [0.717, 1.165) is 35.9 Å². The minimum atomic E-state index is 0.752. The molecule has 1 heteroatoms. The SMILES string of the molecule is C1[C@@H]2[C@H]1[C@@H]1CC[C@H]2[C@@H]2O[C@H]12. The molecule has 0 aromatic heterocycles. The lowest BCUT2D eigenvalue weighted by molar-refractivity contribution is 0.202. The van der Waals surface area contributed by atoms with Gasteiger partial charge in [0.05, 0.1) is 12.2 Å². The fraction of sp³-hybridized carbons (Fsp3) is 1.00. The Morgan fingerprint density at radius 2 is 1.40 bits per heavy atom. The molecule has 4 aliphatic carbocycles. The van der Waals surface area contributed by atoms with Gasteiger partial charge in [0.25, 0.3) is 0 Å². The molecule has 0 radical (unpaired) electrons. The van der Waals surface area contributed by atoms with Gasteiger partial charge in [-0.2, -0.15) is 0 Å². The zero-order chi connectivity index (χ0) is 6.29. The number of hydrogen-bond donors (Lipinski definition) is 0.